The van der Waals surface area contributed by atoms with Crippen molar-refractivity contribution in [1.82, 2.24) is 14.5 Å². The first-order valence-corrected chi connectivity index (χ1v) is 7.85. The number of aromatic nitrogens is 2. The fourth-order valence-corrected chi connectivity index (χ4v) is 2.69. The van der Waals surface area contributed by atoms with Crippen molar-refractivity contribution in [2.75, 3.05) is 12.8 Å². The Balaban J connectivity index is 2.20. The van der Waals surface area contributed by atoms with Gasteiger partial charge in [0, 0.05) is 18.9 Å². The van der Waals surface area contributed by atoms with E-state index in [1.165, 1.54) is 0 Å². The zero-order valence-electron chi connectivity index (χ0n) is 9.28. The van der Waals surface area contributed by atoms with Gasteiger partial charge in [-0.25, -0.2) is 13.1 Å². The van der Waals surface area contributed by atoms with Crippen molar-refractivity contribution < 1.29 is 8.42 Å². The summed E-state index contributed by atoms with van der Waals surface area (Å²) in [4.78, 5) is 0. The van der Waals surface area contributed by atoms with Gasteiger partial charge in [-0.05, 0) is 28.5 Å². The number of hydrogen-bond donors (Lipinski definition) is 1. The van der Waals surface area contributed by atoms with Gasteiger partial charge in [-0.15, -0.1) is 0 Å². The van der Waals surface area contributed by atoms with Gasteiger partial charge in [-0.1, -0.05) is 0 Å². The minimum Gasteiger partial charge on any atom is -0.264 e. The van der Waals surface area contributed by atoms with Crippen LogP contribution in [0.4, 0.5) is 0 Å². The molecule has 5 nitrogen and oxygen atoms in total. The number of thiophene rings is 1. The predicted molar refractivity (Wildman–Crippen MR) is 67.5 cm³/mol. The molecule has 0 aliphatic carbocycles. The Kier molecular flexibility index (Phi) is 3.60. The van der Waals surface area contributed by atoms with Crippen LogP contribution < -0.4 is 4.72 Å². The lowest BCUT2D eigenvalue weighted by Crippen LogP contribution is -2.30. The van der Waals surface area contributed by atoms with Crippen LogP contribution in [0.25, 0.3) is 0 Å². The average molecular weight is 271 g/mol. The molecule has 2 rings (SSSR count). The molecule has 0 amide bonds. The van der Waals surface area contributed by atoms with E-state index in [1.54, 1.807) is 22.2 Å². The maximum atomic E-state index is 11.1. The molecule has 0 bridgehead atoms. The average Bonchev–Trinajstić information content (AvgIpc) is 2.86. The number of rotatable bonds is 5. The summed E-state index contributed by atoms with van der Waals surface area (Å²) in [5, 5.41) is 8.12. The molecular weight excluding hydrogens is 258 g/mol. The molecule has 0 aliphatic rings. The fourth-order valence-electron chi connectivity index (χ4n) is 1.52. The summed E-state index contributed by atoms with van der Waals surface area (Å²) >= 11 is 1.58. The van der Waals surface area contributed by atoms with Crippen LogP contribution in [0.5, 0.6) is 0 Å². The predicted octanol–water partition coefficient (Wildman–Crippen LogP) is 1.08. The summed E-state index contributed by atoms with van der Waals surface area (Å²) in [7, 11) is -3.19. The summed E-state index contributed by atoms with van der Waals surface area (Å²) in [5.74, 6) is 0. The topological polar surface area (TPSA) is 64.0 Å². The van der Waals surface area contributed by atoms with Crippen LogP contribution >= 0.6 is 11.3 Å². The molecule has 0 unspecified atom stereocenters. The van der Waals surface area contributed by atoms with Crippen LogP contribution in [0, 0.1) is 0 Å². The smallest absolute Gasteiger partial charge is 0.208 e. The number of hydrogen-bond acceptors (Lipinski definition) is 4. The van der Waals surface area contributed by atoms with E-state index in [-0.39, 0.29) is 6.04 Å². The molecule has 1 atom stereocenters. The first-order valence-electron chi connectivity index (χ1n) is 5.02. The van der Waals surface area contributed by atoms with Gasteiger partial charge in [0.1, 0.15) is 0 Å². The van der Waals surface area contributed by atoms with E-state index < -0.39 is 10.0 Å². The molecule has 2 aromatic rings. The lowest BCUT2D eigenvalue weighted by Gasteiger charge is -2.16. The third kappa shape index (κ3) is 3.39. The maximum absolute atomic E-state index is 11.1. The number of nitrogens with zero attached hydrogens (tertiary/aromatic N) is 2. The normalized spacial score (nSPS) is 13.7. The van der Waals surface area contributed by atoms with Crippen LogP contribution in [0.2, 0.25) is 0 Å². The van der Waals surface area contributed by atoms with E-state index >= 15 is 0 Å². The highest BCUT2D eigenvalue weighted by Crippen LogP contribution is 2.19. The highest BCUT2D eigenvalue weighted by Gasteiger charge is 2.16. The van der Waals surface area contributed by atoms with E-state index in [0.29, 0.717) is 6.54 Å². The van der Waals surface area contributed by atoms with Crippen LogP contribution in [-0.2, 0) is 10.0 Å². The molecule has 0 saturated carbocycles. The Morgan fingerprint density at radius 2 is 2.41 bits per heavy atom. The van der Waals surface area contributed by atoms with Gasteiger partial charge >= 0.3 is 0 Å². The van der Waals surface area contributed by atoms with Gasteiger partial charge in [0.25, 0.3) is 0 Å². The quantitative estimate of drug-likeness (QED) is 0.885. The lowest BCUT2D eigenvalue weighted by atomic mass is 10.1. The molecule has 0 aromatic carbocycles. The molecule has 17 heavy (non-hydrogen) atoms. The lowest BCUT2D eigenvalue weighted by molar-refractivity contribution is 0.508. The zero-order chi connectivity index (χ0) is 12.3. The zero-order valence-corrected chi connectivity index (χ0v) is 10.9. The van der Waals surface area contributed by atoms with Crippen LogP contribution in [0.1, 0.15) is 11.6 Å². The summed E-state index contributed by atoms with van der Waals surface area (Å²) in [6, 6.07) is 3.69. The molecule has 2 aromatic heterocycles. The second kappa shape index (κ2) is 4.99. The van der Waals surface area contributed by atoms with Gasteiger partial charge in [0.05, 0.1) is 12.3 Å². The molecular formula is C10H13N3O2S2. The monoisotopic (exact) mass is 271 g/mol. The van der Waals surface area contributed by atoms with Crippen molar-refractivity contribution in [3.63, 3.8) is 0 Å². The van der Waals surface area contributed by atoms with E-state index in [1.807, 2.05) is 29.1 Å². The minimum absolute atomic E-state index is 0.106. The van der Waals surface area contributed by atoms with E-state index in [4.69, 9.17) is 0 Å². The molecule has 0 spiro atoms. The summed E-state index contributed by atoms with van der Waals surface area (Å²) in [6.07, 6.45) is 4.66. The first-order chi connectivity index (χ1) is 8.06. The highest BCUT2D eigenvalue weighted by molar-refractivity contribution is 7.88. The summed E-state index contributed by atoms with van der Waals surface area (Å²) in [6.45, 7) is 0.303. The third-order valence-electron chi connectivity index (χ3n) is 2.31. The standard InChI is InChI=1S/C10H13N3O2S2/c1-17(14,15)12-7-10(9-3-6-16-8-9)13-5-2-4-11-13/h2-6,8,10,12H,7H2,1H3/t10-/m1/s1. The van der Waals surface area contributed by atoms with Gasteiger partial charge in [-0.3, -0.25) is 4.68 Å². The minimum atomic E-state index is -3.19. The van der Waals surface area contributed by atoms with Crippen LogP contribution in [0.15, 0.2) is 35.3 Å². The first kappa shape index (κ1) is 12.3. The largest absolute Gasteiger partial charge is 0.264 e. The van der Waals surface area contributed by atoms with Gasteiger partial charge < -0.3 is 0 Å². The van der Waals surface area contributed by atoms with Crippen molar-refractivity contribution >= 4 is 21.4 Å². The maximum Gasteiger partial charge on any atom is 0.208 e. The van der Waals surface area contributed by atoms with Crippen molar-refractivity contribution in [1.29, 1.82) is 0 Å². The summed E-state index contributed by atoms with van der Waals surface area (Å²) in [5.41, 5.74) is 1.05. The van der Waals surface area contributed by atoms with Crippen molar-refractivity contribution in [3.8, 4) is 0 Å². The van der Waals surface area contributed by atoms with Gasteiger partial charge in [-0.2, -0.15) is 16.4 Å². The van der Waals surface area contributed by atoms with Crippen molar-refractivity contribution in [3.05, 3.63) is 40.8 Å². The molecule has 0 fully saturated rings. The Hall–Kier alpha value is -1.18. The van der Waals surface area contributed by atoms with Crippen LogP contribution in [-0.4, -0.2) is 31.0 Å². The highest BCUT2D eigenvalue weighted by atomic mass is 32.2. The Bertz CT molecular complexity index is 512. The molecule has 2 heterocycles. The van der Waals surface area contributed by atoms with Gasteiger partial charge in [0.15, 0.2) is 0 Å². The van der Waals surface area contributed by atoms with Crippen molar-refractivity contribution in [2.45, 2.75) is 6.04 Å². The van der Waals surface area contributed by atoms with E-state index in [2.05, 4.69) is 9.82 Å². The Morgan fingerprint density at radius 3 is 2.94 bits per heavy atom. The molecule has 0 radical (unpaired) electrons. The SMILES string of the molecule is CS(=O)(=O)NC[C@H](c1ccsc1)n1cccn1. The van der Waals surface area contributed by atoms with E-state index in [9.17, 15) is 8.42 Å². The second-order valence-corrected chi connectivity index (χ2v) is 6.29. The molecule has 7 heteroatoms. The molecule has 0 aliphatic heterocycles. The molecule has 0 saturated heterocycles. The van der Waals surface area contributed by atoms with Crippen molar-refractivity contribution in [2.24, 2.45) is 0 Å². The Morgan fingerprint density at radius 1 is 1.59 bits per heavy atom. The third-order valence-corrected chi connectivity index (χ3v) is 3.70. The Labute approximate surface area is 104 Å². The summed E-state index contributed by atoms with van der Waals surface area (Å²) < 4.78 is 26.5. The number of nitrogens with one attached hydrogen (secondary N) is 1. The second-order valence-electron chi connectivity index (χ2n) is 3.68. The number of sulfonamides is 1. The van der Waals surface area contributed by atoms with Crippen LogP contribution in [0.3, 0.4) is 0 Å². The molecule has 92 valence electrons. The van der Waals surface area contributed by atoms with Gasteiger partial charge in [0.2, 0.25) is 10.0 Å². The fraction of sp³-hybridized carbons (Fsp3) is 0.300. The van der Waals surface area contributed by atoms with E-state index in [0.717, 1.165) is 11.8 Å². The molecule has 1 N–H and O–H groups in total.